The van der Waals surface area contributed by atoms with Gasteiger partial charge in [-0.1, -0.05) is 29.8 Å². The van der Waals surface area contributed by atoms with Crippen molar-refractivity contribution in [1.29, 1.82) is 0 Å². The fourth-order valence-electron chi connectivity index (χ4n) is 3.16. The van der Waals surface area contributed by atoms with E-state index in [0.29, 0.717) is 42.5 Å². The maximum Gasteiger partial charge on any atom is 0.233 e. The molecule has 0 saturated carbocycles. The van der Waals surface area contributed by atoms with Crippen molar-refractivity contribution in [2.75, 3.05) is 36.4 Å². The van der Waals surface area contributed by atoms with Crippen LogP contribution in [0.1, 0.15) is 23.7 Å². The molecule has 6 nitrogen and oxygen atoms in total. The average molecular weight is 400 g/mol. The third-order valence-electron chi connectivity index (χ3n) is 4.67. The van der Waals surface area contributed by atoms with Gasteiger partial charge in [-0.2, -0.15) is 0 Å². The minimum Gasteiger partial charge on any atom is -0.368 e. The van der Waals surface area contributed by atoms with Gasteiger partial charge in [-0.15, -0.1) is 0 Å². The van der Waals surface area contributed by atoms with E-state index in [9.17, 15) is 14.4 Å². The molecule has 0 aliphatic carbocycles. The summed E-state index contributed by atoms with van der Waals surface area (Å²) in [5, 5.41) is 3.37. The number of hydrogen-bond acceptors (Lipinski definition) is 4. The number of rotatable bonds is 5. The molecule has 0 atom stereocenters. The van der Waals surface area contributed by atoms with Gasteiger partial charge in [0, 0.05) is 48.1 Å². The molecule has 3 rings (SSSR count). The van der Waals surface area contributed by atoms with Crippen molar-refractivity contribution in [3.8, 4) is 0 Å². The van der Waals surface area contributed by atoms with Gasteiger partial charge in [-0.3, -0.25) is 14.4 Å². The molecule has 2 aromatic rings. The minimum atomic E-state index is -0.386. The zero-order valence-corrected chi connectivity index (χ0v) is 16.4. The van der Waals surface area contributed by atoms with Crippen LogP contribution in [0.3, 0.4) is 0 Å². The molecule has 7 heteroatoms. The highest BCUT2D eigenvalue weighted by atomic mass is 35.5. The molecular formula is C21H22ClN3O3. The lowest BCUT2D eigenvalue weighted by Crippen LogP contribution is -2.49. The smallest absolute Gasteiger partial charge is 0.233 e. The monoisotopic (exact) mass is 399 g/mol. The van der Waals surface area contributed by atoms with Crippen molar-refractivity contribution in [3.63, 3.8) is 0 Å². The SMILES string of the molecule is CC(=O)c1cccc(NC(=O)CC(=O)N2CCN(c3cccc(Cl)c3)CC2)c1. The van der Waals surface area contributed by atoms with E-state index < -0.39 is 0 Å². The van der Waals surface area contributed by atoms with Crippen molar-refractivity contribution >= 4 is 40.6 Å². The Balaban J connectivity index is 1.51. The molecule has 0 bridgehead atoms. The van der Waals surface area contributed by atoms with Gasteiger partial charge in [0.05, 0.1) is 0 Å². The molecule has 1 aliphatic rings. The van der Waals surface area contributed by atoms with E-state index in [1.165, 1.54) is 6.92 Å². The minimum absolute atomic E-state index is 0.0789. The lowest BCUT2D eigenvalue weighted by Gasteiger charge is -2.36. The molecular weight excluding hydrogens is 378 g/mol. The highest BCUT2D eigenvalue weighted by Gasteiger charge is 2.23. The first-order valence-corrected chi connectivity index (χ1v) is 9.49. The molecule has 2 amide bonds. The van der Waals surface area contributed by atoms with Crippen LogP contribution < -0.4 is 10.2 Å². The largest absolute Gasteiger partial charge is 0.368 e. The molecule has 1 fully saturated rings. The molecule has 1 N–H and O–H groups in total. The zero-order valence-electron chi connectivity index (χ0n) is 15.7. The summed E-state index contributed by atoms with van der Waals surface area (Å²) in [5.41, 5.74) is 2.06. The van der Waals surface area contributed by atoms with Crippen LogP contribution in [0.5, 0.6) is 0 Å². The number of amides is 2. The summed E-state index contributed by atoms with van der Waals surface area (Å²) in [4.78, 5) is 39.9. The molecule has 0 spiro atoms. The molecule has 0 radical (unpaired) electrons. The van der Waals surface area contributed by atoms with Gasteiger partial charge in [0.1, 0.15) is 6.42 Å². The summed E-state index contributed by atoms with van der Waals surface area (Å²) >= 11 is 6.04. The van der Waals surface area contributed by atoms with Crippen LogP contribution in [0.25, 0.3) is 0 Å². The third kappa shape index (κ3) is 5.10. The molecule has 0 aromatic heterocycles. The van der Waals surface area contributed by atoms with Crippen LogP contribution in [0.15, 0.2) is 48.5 Å². The Morgan fingerprint density at radius 2 is 1.71 bits per heavy atom. The Hall–Kier alpha value is -2.86. The third-order valence-corrected chi connectivity index (χ3v) is 4.91. The number of nitrogens with one attached hydrogen (secondary N) is 1. The second-order valence-corrected chi connectivity index (χ2v) is 7.15. The molecule has 0 unspecified atom stereocenters. The summed E-state index contributed by atoms with van der Waals surface area (Å²) in [5.74, 6) is -0.668. The van der Waals surface area contributed by atoms with E-state index in [0.717, 1.165) is 5.69 Å². The summed E-state index contributed by atoms with van der Waals surface area (Å²) in [6.45, 7) is 3.95. The standard InChI is InChI=1S/C21H22ClN3O3/c1-15(26)16-4-2-6-18(12-16)23-20(27)14-21(28)25-10-8-24(9-11-25)19-7-3-5-17(22)13-19/h2-7,12-13H,8-11,14H2,1H3,(H,23,27). The normalized spacial score (nSPS) is 13.9. The maximum absolute atomic E-state index is 12.4. The van der Waals surface area contributed by atoms with E-state index in [2.05, 4.69) is 10.2 Å². The number of Topliss-reactive ketones (excluding diaryl/α,β-unsaturated/α-hetero) is 1. The number of carbonyl (C=O) groups is 3. The maximum atomic E-state index is 12.4. The molecule has 1 heterocycles. The van der Waals surface area contributed by atoms with Crippen molar-refractivity contribution < 1.29 is 14.4 Å². The van der Waals surface area contributed by atoms with Crippen LogP contribution in [-0.2, 0) is 9.59 Å². The van der Waals surface area contributed by atoms with Crippen LogP contribution >= 0.6 is 11.6 Å². The number of anilines is 2. The van der Waals surface area contributed by atoms with Gasteiger partial charge in [0.25, 0.3) is 0 Å². The first kappa shape index (κ1) is 19.9. The van der Waals surface area contributed by atoms with Crippen LogP contribution in [0.4, 0.5) is 11.4 Å². The Kier molecular flexibility index (Phi) is 6.31. The van der Waals surface area contributed by atoms with Crippen molar-refractivity contribution in [1.82, 2.24) is 4.90 Å². The topological polar surface area (TPSA) is 69.7 Å². The summed E-state index contributed by atoms with van der Waals surface area (Å²) in [6, 6.07) is 14.3. The number of hydrogen-bond donors (Lipinski definition) is 1. The van der Waals surface area contributed by atoms with E-state index in [1.807, 2.05) is 24.3 Å². The van der Waals surface area contributed by atoms with Gasteiger partial charge >= 0.3 is 0 Å². The molecule has 28 heavy (non-hydrogen) atoms. The molecule has 146 valence electrons. The Bertz CT molecular complexity index is 892. The summed E-state index contributed by atoms with van der Waals surface area (Å²) in [6.07, 6.45) is -0.221. The average Bonchev–Trinajstić information content (AvgIpc) is 2.68. The lowest BCUT2D eigenvalue weighted by molar-refractivity contribution is -0.134. The Morgan fingerprint density at radius 1 is 1.00 bits per heavy atom. The second-order valence-electron chi connectivity index (χ2n) is 6.71. The van der Waals surface area contributed by atoms with E-state index in [1.54, 1.807) is 29.2 Å². The highest BCUT2D eigenvalue weighted by molar-refractivity contribution is 6.30. The number of nitrogens with zero attached hydrogens (tertiary/aromatic N) is 2. The number of halogens is 1. The molecule has 2 aromatic carbocycles. The Labute approximate surface area is 169 Å². The Morgan fingerprint density at radius 3 is 2.39 bits per heavy atom. The van der Waals surface area contributed by atoms with Crippen molar-refractivity contribution in [3.05, 3.63) is 59.1 Å². The van der Waals surface area contributed by atoms with Gasteiger partial charge < -0.3 is 15.1 Å². The van der Waals surface area contributed by atoms with E-state index in [-0.39, 0.29) is 24.0 Å². The van der Waals surface area contributed by atoms with Crippen molar-refractivity contribution in [2.24, 2.45) is 0 Å². The zero-order chi connectivity index (χ0) is 20.1. The van der Waals surface area contributed by atoms with E-state index in [4.69, 9.17) is 11.6 Å². The second kappa shape index (κ2) is 8.89. The molecule has 1 aliphatic heterocycles. The summed E-state index contributed by atoms with van der Waals surface area (Å²) < 4.78 is 0. The van der Waals surface area contributed by atoms with Gasteiger partial charge in [-0.25, -0.2) is 0 Å². The quantitative estimate of drug-likeness (QED) is 0.619. The fraction of sp³-hybridized carbons (Fsp3) is 0.286. The summed E-state index contributed by atoms with van der Waals surface area (Å²) in [7, 11) is 0. The number of ketones is 1. The predicted octanol–water partition coefficient (Wildman–Crippen LogP) is 3.22. The lowest BCUT2D eigenvalue weighted by atomic mass is 10.1. The van der Waals surface area contributed by atoms with Crippen molar-refractivity contribution in [2.45, 2.75) is 13.3 Å². The molecule has 1 saturated heterocycles. The first-order valence-electron chi connectivity index (χ1n) is 9.11. The van der Waals surface area contributed by atoms with E-state index >= 15 is 0 Å². The van der Waals surface area contributed by atoms with Crippen LogP contribution in [0, 0.1) is 0 Å². The van der Waals surface area contributed by atoms with Gasteiger partial charge in [0.15, 0.2) is 5.78 Å². The predicted molar refractivity (Wildman–Crippen MR) is 110 cm³/mol. The van der Waals surface area contributed by atoms with Crippen LogP contribution in [-0.4, -0.2) is 48.7 Å². The van der Waals surface area contributed by atoms with Crippen LogP contribution in [0.2, 0.25) is 5.02 Å². The van der Waals surface area contributed by atoms with Gasteiger partial charge in [0.2, 0.25) is 11.8 Å². The fourth-order valence-corrected chi connectivity index (χ4v) is 3.34. The number of piperazine rings is 1. The number of benzene rings is 2. The first-order chi connectivity index (χ1) is 13.4. The number of carbonyl (C=O) groups excluding carboxylic acids is 3. The van der Waals surface area contributed by atoms with Gasteiger partial charge in [-0.05, 0) is 37.3 Å². The highest BCUT2D eigenvalue weighted by Crippen LogP contribution is 2.21.